The molecule has 6 nitrogen and oxygen atoms in total. The quantitative estimate of drug-likeness (QED) is 0.567. The Morgan fingerprint density at radius 1 is 1.14 bits per heavy atom. The molecule has 0 radical (unpaired) electrons. The molecule has 1 saturated heterocycles. The smallest absolute Gasteiger partial charge is 0.306 e. The Labute approximate surface area is 168 Å². The van der Waals surface area contributed by atoms with Crippen LogP contribution in [0.3, 0.4) is 0 Å². The van der Waals surface area contributed by atoms with Crippen LogP contribution in [0.5, 0.6) is 0 Å². The first kappa shape index (κ1) is 21.6. The average molecular weight is 397 g/mol. The first-order chi connectivity index (χ1) is 12.8. The standard InChI is InChI=1S/C22H36O6/c1-12(2)10-16(24)27-15-11-21(7)19(28-21)18(26-14(5)23)20(6)8-9-22(25,13(3)4)17(15)20/h12-13,15,17-19,25H,8-11H2,1-7H3/t15-,17+,18+,19-,20-,21+,22+/m0/s1. The number of epoxide rings is 1. The van der Waals surface area contributed by atoms with Gasteiger partial charge in [0.05, 0.1) is 11.2 Å². The molecule has 1 heterocycles. The van der Waals surface area contributed by atoms with Gasteiger partial charge in [-0.15, -0.1) is 0 Å². The molecule has 2 aliphatic carbocycles. The van der Waals surface area contributed by atoms with E-state index >= 15 is 0 Å². The fourth-order valence-electron chi connectivity index (χ4n) is 5.77. The third-order valence-electron chi connectivity index (χ3n) is 7.31. The highest BCUT2D eigenvalue weighted by atomic mass is 16.6. The summed E-state index contributed by atoms with van der Waals surface area (Å²) >= 11 is 0. The molecular formula is C22H36O6. The molecule has 0 aromatic rings. The van der Waals surface area contributed by atoms with Gasteiger partial charge >= 0.3 is 11.9 Å². The summed E-state index contributed by atoms with van der Waals surface area (Å²) in [4.78, 5) is 24.4. The van der Waals surface area contributed by atoms with E-state index in [-0.39, 0.29) is 35.8 Å². The van der Waals surface area contributed by atoms with Crippen LogP contribution in [-0.4, -0.2) is 46.6 Å². The molecule has 3 fully saturated rings. The van der Waals surface area contributed by atoms with E-state index in [1.54, 1.807) is 0 Å². The lowest BCUT2D eigenvalue weighted by Crippen LogP contribution is -2.54. The molecule has 28 heavy (non-hydrogen) atoms. The Bertz CT molecular complexity index is 645. The Morgan fingerprint density at radius 2 is 1.79 bits per heavy atom. The minimum Gasteiger partial charge on any atom is -0.462 e. The fraction of sp³-hybridized carbons (Fsp3) is 0.909. The zero-order chi connectivity index (χ0) is 21.1. The molecule has 3 rings (SSSR count). The van der Waals surface area contributed by atoms with E-state index in [1.165, 1.54) is 6.92 Å². The number of hydrogen-bond donors (Lipinski definition) is 1. The summed E-state index contributed by atoms with van der Waals surface area (Å²) in [5, 5.41) is 11.7. The van der Waals surface area contributed by atoms with Crippen molar-refractivity contribution in [3.63, 3.8) is 0 Å². The normalized spacial score (nSPS) is 44.6. The predicted octanol–water partition coefficient (Wildman–Crippen LogP) is 3.24. The Hall–Kier alpha value is -1.14. The van der Waals surface area contributed by atoms with Gasteiger partial charge in [-0.25, -0.2) is 0 Å². The summed E-state index contributed by atoms with van der Waals surface area (Å²) in [6.07, 6.45) is 0.975. The minimum atomic E-state index is -0.983. The lowest BCUT2D eigenvalue weighted by molar-refractivity contribution is -0.184. The van der Waals surface area contributed by atoms with Crippen molar-refractivity contribution in [1.29, 1.82) is 0 Å². The fourth-order valence-corrected chi connectivity index (χ4v) is 5.77. The number of aliphatic hydroxyl groups is 1. The first-order valence-corrected chi connectivity index (χ1v) is 10.6. The van der Waals surface area contributed by atoms with Crippen LogP contribution < -0.4 is 0 Å². The zero-order valence-electron chi connectivity index (χ0n) is 18.3. The molecule has 0 spiro atoms. The van der Waals surface area contributed by atoms with E-state index in [1.807, 2.05) is 34.6 Å². The predicted molar refractivity (Wildman–Crippen MR) is 103 cm³/mol. The maximum atomic E-state index is 12.6. The summed E-state index contributed by atoms with van der Waals surface area (Å²) in [6, 6.07) is 0. The van der Waals surface area contributed by atoms with E-state index in [9.17, 15) is 14.7 Å². The minimum absolute atomic E-state index is 0.00763. The molecule has 0 unspecified atom stereocenters. The summed E-state index contributed by atoms with van der Waals surface area (Å²) in [7, 11) is 0. The van der Waals surface area contributed by atoms with E-state index in [4.69, 9.17) is 14.2 Å². The highest BCUT2D eigenvalue weighted by molar-refractivity contribution is 5.70. The van der Waals surface area contributed by atoms with Crippen LogP contribution in [0.1, 0.15) is 74.1 Å². The van der Waals surface area contributed by atoms with Gasteiger partial charge in [0.2, 0.25) is 0 Å². The van der Waals surface area contributed by atoms with Crippen molar-refractivity contribution in [2.75, 3.05) is 0 Å². The van der Waals surface area contributed by atoms with Gasteiger partial charge in [0, 0.05) is 31.1 Å². The molecular weight excluding hydrogens is 360 g/mol. The number of rotatable bonds is 5. The van der Waals surface area contributed by atoms with Gasteiger partial charge < -0.3 is 19.3 Å². The van der Waals surface area contributed by atoms with Gasteiger partial charge in [0.15, 0.2) is 0 Å². The molecule has 0 aromatic heterocycles. The van der Waals surface area contributed by atoms with Gasteiger partial charge in [-0.05, 0) is 31.6 Å². The number of hydrogen-bond acceptors (Lipinski definition) is 6. The van der Waals surface area contributed by atoms with Crippen molar-refractivity contribution in [3.8, 4) is 0 Å². The zero-order valence-corrected chi connectivity index (χ0v) is 18.3. The molecule has 0 amide bonds. The molecule has 3 aliphatic rings. The molecule has 0 aromatic carbocycles. The number of esters is 2. The Kier molecular flexibility index (Phi) is 5.37. The monoisotopic (exact) mass is 396 g/mol. The first-order valence-electron chi connectivity index (χ1n) is 10.6. The second-order valence-electron chi connectivity index (χ2n) is 10.3. The second kappa shape index (κ2) is 6.98. The van der Waals surface area contributed by atoms with E-state index in [0.29, 0.717) is 25.7 Å². The summed E-state index contributed by atoms with van der Waals surface area (Å²) in [5.41, 5.74) is -2.01. The van der Waals surface area contributed by atoms with Crippen molar-refractivity contribution < 1.29 is 28.9 Å². The third-order valence-corrected chi connectivity index (χ3v) is 7.31. The average Bonchev–Trinajstić information content (AvgIpc) is 3.10. The highest BCUT2D eigenvalue weighted by Crippen LogP contribution is 2.64. The summed E-state index contributed by atoms with van der Waals surface area (Å²) in [5.74, 6) is -0.711. The van der Waals surface area contributed by atoms with Crippen LogP contribution in [-0.2, 0) is 23.8 Å². The molecule has 0 bridgehead atoms. The maximum absolute atomic E-state index is 12.6. The van der Waals surface area contributed by atoms with Crippen LogP contribution in [0.15, 0.2) is 0 Å². The van der Waals surface area contributed by atoms with Crippen molar-refractivity contribution in [2.45, 2.75) is 104 Å². The summed E-state index contributed by atoms with van der Waals surface area (Å²) < 4.78 is 17.8. The number of ether oxygens (including phenoxy) is 3. The van der Waals surface area contributed by atoms with Gasteiger partial charge in [-0.1, -0.05) is 34.6 Å². The van der Waals surface area contributed by atoms with Crippen LogP contribution >= 0.6 is 0 Å². The second-order valence-corrected chi connectivity index (χ2v) is 10.3. The van der Waals surface area contributed by atoms with Crippen LogP contribution in [0.25, 0.3) is 0 Å². The number of fused-ring (bicyclic) bond motifs is 2. The molecule has 2 saturated carbocycles. The van der Waals surface area contributed by atoms with Gasteiger partial charge in [0.1, 0.15) is 18.3 Å². The maximum Gasteiger partial charge on any atom is 0.306 e. The molecule has 6 heteroatoms. The topological polar surface area (TPSA) is 85.4 Å². The van der Waals surface area contributed by atoms with Gasteiger partial charge in [0.25, 0.3) is 0 Å². The van der Waals surface area contributed by atoms with Crippen molar-refractivity contribution >= 4 is 11.9 Å². The van der Waals surface area contributed by atoms with Crippen LogP contribution in [0.4, 0.5) is 0 Å². The highest BCUT2D eigenvalue weighted by Gasteiger charge is 2.73. The molecule has 160 valence electrons. The van der Waals surface area contributed by atoms with Crippen molar-refractivity contribution in [3.05, 3.63) is 0 Å². The van der Waals surface area contributed by atoms with Crippen LogP contribution in [0.2, 0.25) is 0 Å². The molecule has 1 aliphatic heterocycles. The lowest BCUT2D eigenvalue weighted by Gasteiger charge is -2.46. The van der Waals surface area contributed by atoms with Gasteiger partial charge in [-0.2, -0.15) is 0 Å². The SMILES string of the molecule is CC(=O)O[C@@H]1[C@@H]2O[C@]2(C)C[C@H](OC(=O)CC(C)C)[C@@H]2[C@]1(C)CC[C@@]2(O)C(C)C. The lowest BCUT2D eigenvalue weighted by atomic mass is 9.66. The largest absolute Gasteiger partial charge is 0.462 e. The van der Waals surface area contributed by atoms with Crippen molar-refractivity contribution in [2.24, 2.45) is 23.2 Å². The van der Waals surface area contributed by atoms with Crippen LogP contribution in [0, 0.1) is 23.2 Å². The van der Waals surface area contributed by atoms with E-state index in [2.05, 4.69) is 6.92 Å². The van der Waals surface area contributed by atoms with Gasteiger partial charge in [-0.3, -0.25) is 9.59 Å². The van der Waals surface area contributed by atoms with E-state index in [0.717, 1.165) is 0 Å². The molecule has 1 N–H and O–H groups in total. The Balaban J connectivity index is 2.02. The Morgan fingerprint density at radius 3 is 2.32 bits per heavy atom. The van der Waals surface area contributed by atoms with E-state index < -0.39 is 28.8 Å². The number of carbonyl (C=O) groups excluding carboxylic acids is 2. The number of carbonyl (C=O) groups is 2. The summed E-state index contributed by atoms with van der Waals surface area (Å²) in [6.45, 7) is 13.4. The molecule has 7 atom stereocenters. The third kappa shape index (κ3) is 3.47. The van der Waals surface area contributed by atoms with Crippen molar-refractivity contribution in [1.82, 2.24) is 0 Å².